The summed E-state index contributed by atoms with van der Waals surface area (Å²) in [6.45, 7) is 1.08. The minimum absolute atomic E-state index is 0.00228. The van der Waals surface area contributed by atoms with Gasteiger partial charge in [0.2, 0.25) is 5.91 Å². The van der Waals surface area contributed by atoms with Crippen LogP contribution < -0.4 is 9.47 Å². The van der Waals surface area contributed by atoms with Crippen molar-refractivity contribution in [2.75, 3.05) is 20.8 Å². The van der Waals surface area contributed by atoms with Crippen molar-refractivity contribution in [1.29, 1.82) is 0 Å². The summed E-state index contributed by atoms with van der Waals surface area (Å²) in [6, 6.07) is 10.0. The topological polar surface area (TPSA) is 81.9 Å². The zero-order valence-electron chi connectivity index (χ0n) is 15.2. The van der Waals surface area contributed by atoms with E-state index in [1.165, 1.54) is 18.2 Å². The molecule has 2 aromatic carbocycles. The first-order valence-corrected chi connectivity index (χ1v) is 8.47. The lowest BCUT2D eigenvalue weighted by Crippen LogP contribution is -2.34. The van der Waals surface area contributed by atoms with E-state index in [1.54, 1.807) is 37.3 Å². The number of nitro groups is 1. The van der Waals surface area contributed by atoms with Crippen LogP contribution in [0, 0.1) is 10.1 Å². The first-order chi connectivity index (χ1) is 13.0. The molecule has 1 aliphatic rings. The Kier molecular flexibility index (Phi) is 5.40. The van der Waals surface area contributed by atoms with E-state index in [9.17, 15) is 14.9 Å². The van der Waals surface area contributed by atoms with Gasteiger partial charge < -0.3 is 14.4 Å². The van der Waals surface area contributed by atoms with E-state index in [-0.39, 0.29) is 11.6 Å². The molecule has 0 aliphatic carbocycles. The lowest BCUT2D eigenvalue weighted by molar-refractivity contribution is -0.384. The van der Waals surface area contributed by atoms with E-state index in [4.69, 9.17) is 9.47 Å². The molecule has 0 spiro atoms. The van der Waals surface area contributed by atoms with Crippen molar-refractivity contribution in [3.05, 3.63) is 69.3 Å². The Morgan fingerprint density at radius 2 is 1.85 bits per heavy atom. The summed E-state index contributed by atoms with van der Waals surface area (Å²) in [7, 11) is 3.18. The molecule has 0 radical (unpaired) electrons. The molecule has 0 fully saturated rings. The minimum atomic E-state index is -0.456. The second-order valence-corrected chi connectivity index (χ2v) is 6.17. The molecule has 1 heterocycles. The number of hydrogen-bond donors (Lipinski definition) is 0. The predicted molar refractivity (Wildman–Crippen MR) is 101 cm³/mol. The van der Waals surface area contributed by atoms with Crippen molar-refractivity contribution < 1.29 is 19.2 Å². The first kappa shape index (κ1) is 18.4. The second kappa shape index (κ2) is 7.90. The summed E-state index contributed by atoms with van der Waals surface area (Å²) < 4.78 is 10.7. The summed E-state index contributed by atoms with van der Waals surface area (Å²) in [5.74, 6) is 1.18. The Labute approximate surface area is 157 Å². The Bertz CT molecular complexity index is 907. The first-order valence-electron chi connectivity index (χ1n) is 8.47. The smallest absolute Gasteiger partial charge is 0.270 e. The average molecular weight is 368 g/mol. The van der Waals surface area contributed by atoms with Crippen molar-refractivity contribution in [3.63, 3.8) is 0 Å². The largest absolute Gasteiger partial charge is 0.493 e. The van der Waals surface area contributed by atoms with E-state index >= 15 is 0 Å². The average Bonchev–Trinajstić information content (AvgIpc) is 2.70. The van der Waals surface area contributed by atoms with Crippen LogP contribution in [0.5, 0.6) is 11.5 Å². The lowest BCUT2D eigenvalue weighted by atomic mass is 9.98. The van der Waals surface area contributed by atoms with Crippen molar-refractivity contribution in [1.82, 2.24) is 4.90 Å². The molecule has 140 valence electrons. The molecule has 3 rings (SSSR count). The Balaban J connectivity index is 1.74. The van der Waals surface area contributed by atoms with Crippen molar-refractivity contribution >= 4 is 17.7 Å². The maximum atomic E-state index is 12.5. The molecular formula is C20H20N2O5. The molecule has 2 aromatic rings. The van der Waals surface area contributed by atoms with Gasteiger partial charge in [-0.05, 0) is 41.3 Å². The van der Waals surface area contributed by atoms with E-state index < -0.39 is 4.92 Å². The quantitative estimate of drug-likeness (QED) is 0.460. The van der Waals surface area contributed by atoms with E-state index in [1.807, 2.05) is 12.1 Å². The van der Waals surface area contributed by atoms with Gasteiger partial charge in [-0.25, -0.2) is 0 Å². The third-order valence-electron chi connectivity index (χ3n) is 4.53. The predicted octanol–water partition coefficient (Wildman–Crippen LogP) is 3.21. The fourth-order valence-electron chi connectivity index (χ4n) is 3.09. The van der Waals surface area contributed by atoms with Gasteiger partial charge in [-0.1, -0.05) is 12.1 Å². The number of amides is 1. The number of carbonyl (C=O) groups excluding carboxylic acids is 1. The van der Waals surface area contributed by atoms with Gasteiger partial charge in [-0.15, -0.1) is 0 Å². The normalized spacial score (nSPS) is 13.3. The molecule has 0 saturated carbocycles. The van der Waals surface area contributed by atoms with Crippen LogP contribution in [0.2, 0.25) is 0 Å². The van der Waals surface area contributed by atoms with Crippen LogP contribution in [0.1, 0.15) is 16.7 Å². The molecule has 1 aliphatic heterocycles. The SMILES string of the molecule is COc1cc2c(cc1OC)CN(C(=O)C=Cc1cccc([N+](=O)[O-])c1)CC2. The fraction of sp³-hybridized carbons (Fsp3) is 0.250. The molecule has 7 nitrogen and oxygen atoms in total. The number of fused-ring (bicyclic) bond motifs is 1. The molecule has 0 N–H and O–H groups in total. The summed E-state index contributed by atoms with van der Waals surface area (Å²) >= 11 is 0. The highest BCUT2D eigenvalue weighted by Gasteiger charge is 2.21. The number of methoxy groups -OCH3 is 2. The van der Waals surface area contributed by atoms with Gasteiger partial charge in [-0.2, -0.15) is 0 Å². The van der Waals surface area contributed by atoms with Crippen LogP contribution in [-0.4, -0.2) is 36.5 Å². The zero-order chi connectivity index (χ0) is 19.4. The fourth-order valence-corrected chi connectivity index (χ4v) is 3.09. The molecular weight excluding hydrogens is 348 g/mol. The number of carbonyl (C=O) groups is 1. The van der Waals surface area contributed by atoms with Crippen molar-refractivity contribution in [3.8, 4) is 11.5 Å². The third-order valence-corrected chi connectivity index (χ3v) is 4.53. The highest BCUT2D eigenvalue weighted by Crippen LogP contribution is 2.33. The van der Waals surface area contributed by atoms with E-state index in [0.29, 0.717) is 30.2 Å². The monoisotopic (exact) mass is 368 g/mol. The molecule has 0 bridgehead atoms. The Morgan fingerprint density at radius 3 is 2.52 bits per heavy atom. The van der Waals surface area contributed by atoms with Crippen LogP contribution in [0.4, 0.5) is 5.69 Å². The molecule has 0 aromatic heterocycles. The number of nitro benzene ring substituents is 1. The van der Waals surface area contributed by atoms with Crippen molar-refractivity contribution in [2.24, 2.45) is 0 Å². The Morgan fingerprint density at radius 1 is 1.15 bits per heavy atom. The third kappa shape index (κ3) is 4.08. The molecule has 0 atom stereocenters. The van der Waals surface area contributed by atoms with Crippen LogP contribution in [0.3, 0.4) is 0 Å². The van der Waals surface area contributed by atoms with Gasteiger partial charge in [0, 0.05) is 31.3 Å². The van der Waals surface area contributed by atoms with Gasteiger partial charge in [0.25, 0.3) is 5.69 Å². The van der Waals surface area contributed by atoms with Crippen molar-refractivity contribution in [2.45, 2.75) is 13.0 Å². The Hall–Kier alpha value is -3.35. The van der Waals surface area contributed by atoms with Gasteiger partial charge in [-0.3, -0.25) is 14.9 Å². The number of rotatable bonds is 5. The summed E-state index contributed by atoms with van der Waals surface area (Å²) in [6.07, 6.45) is 3.77. The summed E-state index contributed by atoms with van der Waals surface area (Å²) in [5.41, 5.74) is 2.77. The van der Waals surface area contributed by atoms with Crippen LogP contribution in [-0.2, 0) is 17.8 Å². The van der Waals surface area contributed by atoms with E-state index in [0.717, 1.165) is 17.5 Å². The number of nitrogens with zero attached hydrogens (tertiary/aromatic N) is 2. The molecule has 1 amide bonds. The van der Waals surface area contributed by atoms with Crippen LogP contribution in [0.25, 0.3) is 6.08 Å². The van der Waals surface area contributed by atoms with Gasteiger partial charge in [0.05, 0.1) is 19.1 Å². The standard InChI is InChI=1S/C20H20N2O5/c1-26-18-11-15-8-9-21(13-16(15)12-19(18)27-2)20(23)7-6-14-4-3-5-17(10-14)22(24)25/h3-7,10-12H,8-9,13H2,1-2H3. The van der Waals surface area contributed by atoms with Gasteiger partial charge in [0.1, 0.15) is 0 Å². The number of ether oxygens (including phenoxy) is 2. The van der Waals surface area contributed by atoms with Crippen LogP contribution >= 0.6 is 0 Å². The molecule has 0 saturated heterocycles. The lowest BCUT2D eigenvalue weighted by Gasteiger charge is -2.28. The van der Waals surface area contributed by atoms with Gasteiger partial charge in [0.15, 0.2) is 11.5 Å². The summed E-state index contributed by atoms with van der Waals surface area (Å²) in [5, 5.41) is 10.8. The molecule has 0 unspecified atom stereocenters. The maximum Gasteiger partial charge on any atom is 0.270 e. The zero-order valence-corrected chi connectivity index (χ0v) is 15.2. The second-order valence-electron chi connectivity index (χ2n) is 6.17. The summed E-state index contributed by atoms with van der Waals surface area (Å²) in [4.78, 5) is 24.6. The maximum absolute atomic E-state index is 12.5. The van der Waals surface area contributed by atoms with Crippen LogP contribution in [0.15, 0.2) is 42.5 Å². The highest BCUT2D eigenvalue weighted by atomic mass is 16.6. The highest BCUT2D eigenvalue weighted by molar-refractivity contribution is 5.92. The van der Waals surface area contributed by atoms with E-state index in [2.05, 4.69) is 0 Å². The number of non-ortho nitro benzene ring substituents is 1. The van der Waals surface area contributed by atoms with Gasteiger partial charge >= 0.3 is 0 Å². The molecule has 27 heavy (non-hydrogen) atoms. The number of benzene rings is 2. The minimum Gasteiger partial charge on any atom is -0.493 e. The molecule has 7 heteroatoms. The number of hydrogen-bond acceptors (Lipinski definition) is 5.